The van der Waals surface area contributed by atoms with E-state index in [0.29, 0.717) is 10.8 Å². The molecular formula is C24H25ClN4O2. The molecule has 1 atom stereocenters. The Hall–Kier alpha value is -3.22. The molecule has 1 heterocycles. The molecule has 0 saturated heterocycles. The number of amides is 2. The van der Waals surface area contributed by atoms with E-state index < -0.39 is 0 Å². The van der Waals surface area contributed by atoms with E-state index in [0.717, 1.165) is 16.7 Å². The summed E-state index contributed by atoms with van der Waals surface area (Å²) in [6.07, 6.45) is 1.69. The van der Waals surface area contributed by atoms with Gasteiger partial charge in [-0.15, -0.1) is 0 Å². The van der Waals surface area contributed by atoms with Crippen LogP contribution >= 0.6 is 11.6 Å². The van der Waals surface area contributed by atoms with Crippen molar-refractivity contribution < 1.29 is 9.59 Å². The zero-order valence-corrected chi connectivity index (χ0v) is 18.3. The molecule has 160 valence electrons. The summed E-state index contributed by atoms with van der Waals surface area (Å²) in [5.74, 6) is 0.0530. The van der Waals surface area contributed by atoms with Crippen LogP contribution in [-0.2, 0) is 9.59 Å². The molecule has 1 aromatic heterocycles. The Morgan fingerprint density at radius 3 is 2.35 bits per heavy atom. The predicted octanol–water partition coefficient (Wildman–Crippen LogP) is 3.82. The predicted molar refractivity (Wildman–Crippen MR) is 123 cm³/mol. The summed E-state index contributed by atoms with van der Waals surface area (Å²) in [5.41, 5.74) is 2.85. The lowest BCUT2D eigenvalue weighted by molar-refractivity contribution is -0.123. The van der Waals surface area contributed by atoms with Crippen LogP contribution in [0, 0.1) is 6.92 Å². The van der Waals surface area contributed by atoms with Gasteiger partial charge in [0.05, 0.1) is 19.1 Å². The topological polar surface area (TPSA) is 74.3 Å². The second-order valence-electron chi connectivity index (χ2n) is 7.41. The van der Waals surface area contributed by atoms with Crippen molar-refractivity contribution in [1.29, 1.82) is 0 Å². The fourth-order valence-electron chi connectivity index (χ4n) is 3.17. The van der Waals surface area contributed by atoms with E-state index in [-0.39, 0.29) is 30.9 Å². The van der Waals surface area contributed by atoms with E-state index in [1.54, 1.807) is 30.3 Å². The highest BCUT2D eigenvalue weighted by Crippen LogP contribution is 2.24. The van der Waals surface area contributed by atoms with Crippen molar-refractivity contribution in [3.05, 3.63) is 94.6 Å². The zero-order valence-electron chi connectivity index (χ0n) is 17.5. The van der Waals surface area contributed by atoms with Crippen LogP contribution in [0.3, 0.4) is 0 Å². The van der Waals surface area contributed by atoms with E-state index in [2.05, 4.69) is 15.6 Å². The maximum atomic E-state index is 12.7. The number of nitrogens with one attached hydrogen (secondary N) is 2. The fourth-order valence-corrected chi connectivity index (χ4v) is 3.37. The Bertz CT molecular complexity index is 1030. The summed E-state index contributed by atoms with van der Waals surface area (Å²) >= 11 is 6.16. The first kappa shape index (κ1) is 22.5. The van der Waals surface area contributed by atoms with Gasteiger partial charge in [0.1, 0.15) is 5.82 Å². The van der Waals surface area contributed by atoms with E-state index in [4.69, 9.17) is 11.6 Å². The number of hydrogen-bond donors (Lipinski definition) is 2. The Morgan fingerprint density at radius 1 is 0.968 bits per heavy atom. The monoisotopic (exact) mass is 436 g/mol. The molecule has 2 aromatic carbocycles. The highest BCUT2D eigenvalue weighted by Gasteiger charge is 2.19. The van der Waals surface area contributed by atoms with Crippen LogP contribution < -0.4 is 10.6 Å². The van der Waals surface area contributed by atoms with Gasteiger partial charge in [0.2, 0.25) is 11.8 Å². The first-order valence-corrected chi connectivity index (χ1v) is 10.3. The van der Waals surface area contributed by atoms with Gasteiger partial charge in [-0.1, -0.05) is 60.1 Å². The van der Waals surface area contributed by atoms with Crippen LogP contribution in [0.15, 0.2) is 72.9 Å². The van der Waals surface area contributed by atoms with Gasteiger partial charge in [-0.05, 0) is 48.9 Å². The molecule has 0 saturated carbocycles. The second kappa shape index (κ2) is 10.7. The van der Waals surface area contributed by atoms with Gasteiger partial charge in [0.25, 0.3) is 0 Å². The molecule has 0 radical (unpaired) electrons. The fraction of sp³-hybridized carbons (Fsp3) is 0.208. The summed E-state index contributed by atoms with van der Waals surface area (Å²) in [7, 11) is 1.72. The molecule has 6 nitrogen and oxygen atoms in total. The molecule has 0 bridgehead atoms. The molecule has 0 fully saturated rings. The van der Waals surface area contributed by atoms with E-state index in [1.807, 2.05) is 61.5 Å². The standard InChI is InChI=1S/C24H25ClN4O2/c1-17-11-12-21(26-14-17)27-22(30)15-29(2)16-23(31)28-24(18-7-4-3-5-8-18)19-9-6-10-20(25)13-19/h3-14,24H,15-16H2,1-2H3,(H,28,31)(H,26,27,30). The van der Waals surface area contributed by atoms with Crippen molar-refractivity contribution in [2.24, 2.45) is 0 Å². The van der Waals surface area contributed by atoms with Crippen molar-refractivity contribution in [2.75, 3.05) is 25.5 Å². The molecule has 31 heavy (non-hydrogen) atoms. The van der Waals surface area contributed by atoms with Crippen molar-refractivity contribution in [2.45, 2.75) is 13.0 Å². The molecule has 7 heteroatoms. The molecule has 2 N–H and O–H groups in total. The summed E-state index contributed by atoms with van der Waals surface area (Å²) < 4.78 is 0. The number of anilines is 1. The van der Waals surface area contributed by atoms with Crippen LogP contribution in [0.25, 0.3) is 0 Å². The summed E-state index contributed by atoms with van der Waals surface area (Å²) in [4.78, 5) is 30.8. The van der Waals surface area contributed by atoms with E-state index in [9.17, 15) is 9.59 Å². The number of aryl methyl sites for hydroxylation is 1. The summed E-state index contributed by atoms with van der Waals surface area (Å²) in [6, 6.07) is 20.4. The third kappa shape index (κ3) is 6.91. The minimum absolute atomic E-state index is 0.0656. The number of carbonyl (C=O) groups excluding carboxylic acids is 2. The highest BCUT2D eigenvalue weighted by molar-refractivity contribution is 6.30. The van der Waals surface area contributed by atoms with Crippen LogP contribution in [0.4, 0.5) is 5.82 Å². The quantitative estimate of drug-likeness (QED) is 0.563. The van der Waals surface area contributed by atoms with Crippen LogP contribution in [0.1, 0.15) is 22.7 Å². The van der Waals surface area contributed by atoms with Gasteiger partial charge in [-0.3, -0.25) is 14.5 Å². The Morgan fingerprint density at radius 2 is 1.68 bits per heavy atom. The Labute approximate surface area is 187 Å². The maximum absolute atomic E-state index is 12.7. The van der Waals surface area contributed by atoms with Gasteiger partial charge in [0.15, 0.2) is 0 Å². The molecular weight excluding hydrogens is 412 g/mol. The normalized spacial score (nSPS) is 11.7. The van der Waals surface area contributed by atoms with Gasteiger partial charge < -0.3 is 10.6 Å². The highest BCUT2D eigenvalue weighted by atomic mass is 35.5. The minimum atomic E-state index is -0.341. The Kier molecular flexibility index (Phi) is 7.76. The number of rotatable bonds is 8. The number of benzene rings is 2. The number of pyridine rings is 1. The van der Waals surface area contributed by atoms with Gasteiger partial charge in [-0.25, -0.2) is 4.98 Å². The lowest BCUT2D eigenvalue weighted by atomic mass is 9.98. The lowest BCUT2D eigenvalue weighted by Crippen LogP contribution is -2.40. The van der Waals surface area contributed by atoms with Gasteiger partial charge in [-0.2, -0.15) is 0 Å². The third-order valence-electron chi connectivity index (χ3n) is 4.63. The molecule has 1 unspecified atom stereocenters. The summed E-state index contributed by atoms with van der Waals surface area (Å²) in [6.45, 7) is 2.06. The smallest absolute Gasteiger partial charge is 0.239 e. The van der Waals surface area contributed by atoms with Gasteiger partial charge in [0, 0.05) is 11.2 Å². The molecule has 3 aromatic rings. The minimum Gasteiger partial charge on any atom is -0.344 e. The molecule has 0 spiro atoms. The van der Waals surface area contributed by atoms with Crippen molar-refractivity contribution >= 4 is 29.2 Å². The first-order valence-electron chi connectivity index (χ1n) is 9.91. The number of hydrogen-bond acceptors (Lipinski definition) is 4. The van der Waals surface area contributed by atoms with E-state index in [1.165, 1.54) is 0 Å². The number of carbonyl (C=O) groups is 2. The SMILES string of the molecule is Cc1ccc(NC(=O)CN(C)CC(=O)NC(c2ccccc2)c2cccc(Cl)c2)nc1. The van der Waals surface area contributed by atoms with Gasteiger partial charge >= 0.3 is 0 Å². The number of aromatic nitrogens is 1. The lowest BCUT2D eigenvalue weighted by Gasteiger charge is -2.22. The third-order valence-corrected chi connectivity index (χ3v) is 4.86. The second-order valence-corrected chi connectivity index (χ2v) is 7.84. The maximum Gasteiger partial charge on any atom is 0.239 e. The summed E-state index contributed by atoms with van der Waals surface area (Å²) in [5, 5.41) is 6.39. The molecule has 0 aliphatic rings. The number of halogens is 1. The molecule has 2 amide bonds. The average Bonchev–Trinajstić information content (AvgIpc) is 2.74. The molecule has 0 aliphatic heterocycles. The van der Waals surface area contributed by atoms with E-state index >= 15 is 0 Å². The van der Waals surface area contributed by atoms with Crippen LogP contribution in [-0.4, -0.2) is 41.8 Å². The van der Waals surface area contributed by atoms with Crippen LogP contribution in [0.5, 0.6) is 0 Å². The largest absolute Gasteiger partial charge is 0.344 e. The van der Waals surface area contributed by atoms with Crippen molar-refractivity contribution in [3.8, 4) is 0 Å². The van der Waals surface area contributed by atoms with Crippen molar-refractivity contribution in [1.82, 2.24) is 15.2 Å². The number of nitrogens with zero attached hydrogens (tertiary/aromatic N) is 2. The molecule has 3 rings (SSSR count). The van der Waals surface area contributed by atoms with Crippen LogP contribution in [0.2, 0.25) is 5.02 Å². The van der Waals surface area contributed by atoms with Crippen molar-refractivity contribution in [3.63, 3.8) is 0 Å². The average molecular weight is 437 g/mol. The number of likely N-dealkylation sites (N-methyl/N-ethyl adjacent to an activating group) is 1. The molecule has 0 aliphatic carbocycles. The zero-order chi connectivity index (χ0) is 22.2. The Balaban J connectivity index is 1.61. The first-order chi connectivity index (χ1) is 14.9.